The summed E-state index contributed by atoms with van der Waals surface area (Å²) in [4.78, 5) is 18.7. The topological polar surface area (TPSA) is 86.0 Å². The normalized spacial score (nSPS) is 32.8. The predicted molar refractivity (Wildman–Crippen MR) is 46.4 cm³/mol. The van der Waals surface area contributed by atoms with Crippen LogP contribution >= 0.6 is 0 Å². The number of fused-ring (bicyclic) bond motifs is 1. The Morgan fingerprint density at radius 3 is 2.85 bits per heavy atom. The van der Waals surface area contributed by atoms with Gasteiger partial charge in [-0.15, -0.1) is 0 Å². The molecule has 0 aromatic rings. The van der Waals surface area contributed by atoms with E-state index in [1.807, 2.05) is 0 Å². The van der Waals surface area contributed by atoms with Gasteiger partial charge in [-0.2, -0.15) is 0 Å². The predicted octanol–water partition coefficient (Wildman–Crippen LogP) is -1.94. The molecule has 13 heavy (non-hydrogen) atoms. The molecule has 0 aromatic heterocycles. The van der Waals surface area contributed by atoms with Crippen LogP contribution in [-0.2, 0) is 0 Å². The van der Waals surface area contributed by atoms with E-state index in [0.29, 0.717) is 5.96 Å². The number of hydrogen-bond acceptors (Lipinski definition) is 5. The molecule has 0 spiro atoms. The highest BCUT2D eigenvalue weighted by atomic mass is 16.2. The van der Waals surface area contributed by atoms with Crippen molar-refractivity contribution >= 4 is 12.0 Å². The van der Waals surface area contributed by atoms with Gasteiger partial charge in [0.25, 0.3) is 0 Å². The summed E-state index contributed by atoms with van der Waals surface area (Å²) in [6, 6.07) is -0.0669. The van der Waals surface area contributed by atoms with Crippen molar-refractivity contribution < 1.29 is 4.79 Å². The van der Waals surface area contributed by atoms with Crippen LogP contribution in [0.25, 0.3) is 0 Å². The summed E-state index contributed by atoms with van der Waals surface area (Å²) in [5, 5.41) is 0. The Bertz CT molecular complexity index is 276. The van der Waals surface area contributed by atoms with E-state index >= 15 is 0 Å². The summed E-state index contributed by atoms with van der Waals surface area (Å²) in [5.74, 6) is 0.302. The van der Waals surface area contributed by atoms with Crippen molar-refractivity contribution in [3.8, 4) is 0 Å². The zero-order valence-corrected chi connectivity index (χ0v) is 7.48. The number of hydrazine groups is 1. The van der Waals surface area contributed by atoms with Crippen molar-refractivity contribution in [2.24, 2.45) is 10.7 Å². The van der Waals surface area contributed by atoms with Gasteiger partial charge in [-0.3, -0.25) is 5.43 Å². The number of guanidine groups is 1. The molecule has 1 fully saturated rings. The molecular weight excluding hydrogens is 172 g/mol. The minimum atomic E-state index is -0.237. The lowest BCUT2D eigenvalue weighted by molar-refractivity contribution is 0.196. The summed E-state index contributed by atoms with van der Waals surface area (Å²) in [6.07, 6.45) is -0.386. The number of carbonyl (C=O) groups is 1. The third-order valence-corrected chi connectivity index (χ3v) is 2.32. The number of rotatable bonds is 0. The van der Waals surface area contributed by atoms with Crippen LogP contribution in [0.2, 0.25) is 0 Å². The van der Waals surface area contributed by atoms with Crippen molar-refractivity contribution in [2.45, 2.75) is 12.3 Å². The standard InChI is InChI=1S/C6H12N6O/c1-11-3-4(12(2)6(11)13)9-10-5(7)8-3/h3-4,9H,1-2H3,(H3,7,8,10)/t3-,4+/m1/s1. The first-order valence-corrected chi connectivity index (χ1v) is 3.95. The van der Waals surface area contributed by atoms with E-state index in [2.05, 4.69) is 15.8 Å². The largest absolute Gasteiger partial charge is 0.369 e. The minimum Gasteiger partial charge on any atom is -0.369 e. The lowest BCUT2D eigenvalue weighted by atomic mass is 10.4. The van der Waals surface area contributed by atoms with Crippen LogP contribution in [0.5, 0.6) is 0 Å². The fourth-order valence-corrected chi connectivity index (χ4v) is 1.54. The highest BCUT2D eigenvalue weighted by molar-refractivity contribution is 5.82. The molecule has 72 valence electrons. The second-order valence-corrected chi connectivity index (χ2v) is 3.15. The molecule has 1 saturated heterocycles. The second-order valence-electron chi connectivity index (χ2n) is 3.15. The van der Waals surface area contributed by atoms with Crippen LogP contribution in [0, 0.1) is 0 Å². The fraction of sp³-hybridized carbons (Fsp3) is 0.667. The number of nitrogens with zero attached hydrogens (tertiary/aromatic N) is 3. The van der Waals surface area contributed by atoms with Crippen LogP contribution in [0.3, 0.4) is 0 Å². The first-order valence-electron chi connectivity index (χ1n) is 3.95. The Morgan fingerprint density at radius 2 is 2.15 bits per heavy atom. The average molecular weight is 184 g/mol. The van der Waals surface area contributed by atoms with Crippen molar-refractivity contribution in [3.05, 3.63) is 0 Å². The molecule has 2 aliphatic rings. The highest BCUT2D eigenvalue weighted by Crippen LogP contribution is 2.19. The molecule has 2 atom stereocenters. The van der Waals surface area contributed by atoms with Gasteiger partial charge in [0.1, 0.15) is 6.17 Å². The number of likely N-dealkylation sites (N-methyl/N-ethyl adjacent to an activating group) is 2. The molecular formula is C6H12N6O. The van der Waals surface area contributed by atoms with Gasteiger partial charge in [0, 0.05) is 14.1 Å². The summed E-state index contributed by atoms with van der Waals surface area (Å²) >= 11 is 0. The Balaban J connectivity index is 2.30. The van der Waals surface area contributed by atoms with E-state index in [4.69, 9.17) is 5.73 Å². The van der Waals surface area contributed by atoms with Gasteiger partial charge in [-0.05, 0) is 0 Å². The number of amides is 2. The number of nitrogens with two attached hydrogens (primary N) is 1. The van der Waals surface area contributed by atoms with Crippen LogP contribution in [0.15, 0.2) is 4.99 Å². The van der Waals surface area contributed by atoms with Gasteiger partial charge in [0.05, 0.1) is 0 Å². The van der Waals surface area contributed by atoms with Crippen molar-refractivity contribution in [2.75, 3.05) is 14.1 Å². The van der Waals surface area contributed by atoms with E-state index in [1.54, 1.807) is 23.9 Å². The number of hydrogen-bond donors (Lipinski definition) is 3. The first-order chi connectivity index (χ1) is 6.11. The second kappa shape index (κ2) is 2.49. The Kier molecular flexibility index (Phi) is 1.56. The molecule has 2 rings (SSSR count). The molecule has 0 aliphatic carbocycles. The molecule has 0 saturated carbocycles. The fourth-order valence-electron chi connectivity index (χ4n) is 1.54. The van der Waals surface area contributed by atoms with Crippen molar-refractivity contribution in [3.63, 3.8) is 0 Å². The lowest BCUT2D eigenvalue weighted by Crippen LogP contribution is -2.60. The number of aliphatic imine (C=N–C) groups is 1. The van der Waals surface area contributed by atoms with E-state index in [1.165, 1.54) is 0 Å². The Labute approximate surface area is 75.5 Å². The first kappa shape index (κ1) is 8.11. The summed E-state index contributed by atoms with van der Waals surface area (Å²) in [6.45, 7) is 0. The summed E-state index contributed by atoms with van der Waals surface area (Å²) < 4.78 is 0. The van der Waals surface area contributed by atoms with Gasteiger partial charge in [-0.25, -0.2) is 15.2 Å². The summed E-state index contributed by atoms with van der Waals surface area (Å²) in [5.41, 5.74) is 11.0. The molecule has 2 heterocycles. The van der Waals surface area contributed by atoms with Gasteiger partial charge < -0.3 is 15.5 Å². The number of nitrogens with one attached hydrogen (secondary N) is 2. The smallest absolute Gasteiger partial charge is 0.322 e. The quantitative estimate of drug-likeness (QED) is 0.409. The SMILES string of the molecule is CN1C(=O)N(C)[C@H]2N=C(N)NN[C@H]21. The van der Waals surface area contributed by atoms with Gasteiger partial charge in [-0.1, -0.05) is 0 Å². The maximum Gasteiger partial charge on any atom is 0.322 e. The average Bonchev–Trinajstić information content (AvgIpc) is 2.32. The van der Waals surface area contributed by atoms with E-state index in [-0.39, 0.29) is 18.4 Å². The Hall–Kier alpha value is -1.50. The monoisotopic (exact) mass is 184 g/mol. The van der Waals surface area contributed by atoms with E-state index in [9.17, 15) is 4.79 Å². The Morgan fingerprint density at radius 1 is 1.46 bits per heavy atom. The van der Waals surface area contributed by atoms with Crippen LogP contribution in [-0.4, -0.2) is 48.2 Å². The summed E-state index contributed by atoms with van der Waals surface area (Å²) in [7, 11) is 3.42. The zero-order chi connectivity index (χ0) is 9.59. The molecule has 2 amide bonds. The molecule has 7 nitrogen and oxygen atoms in total. The molecule has 0 radical (unpaired) electrons. The van der Waals surface area contributed by atoms with E-state index < -0.39 is 0 Å². The molecule has 4 N–H and O–H groups in total. The third kappa shape index (κ3) is 1.00. The van der Waals surface area contributed by atoms with Gasteiger partial charge in [0.15, 0.2) is 6.17 Å². The van der Waals surface area contributed by atoms with Crippen LogP contribution in [0.1, 0.15) is 0 Å². The van der Waals surface area contributed by atoms with Gasteiger partial charge in [0.2, 0.25) is 5.96 Å². The van der Waals surface area contributed by atoms with Gasteiger partial charge >= 0.3 is 6.03 Å². The van der Waals surface area contributed by atoms with Crippen LogP contribution < -0.4 is 16.6 Å². The number of urea groups is 1. The number of carbonyl (C=O) groups excluding carboxylic acids is 1. The van der Waals surface area contributed by atoms with Crippen molar-refractivity contribution in [1.82, 2.24) is 20.7 Å². The van der Waals surface area contributed by atoms with Crippen LogP contribution in [0.4, 0.5) is 4.79 Å². The molecule has 7 heteroatoms. The maximum atomic E-state index is 11.5. The maximum absolute atomic E-state index is 11.5. The lowest BCUT2D eigenvalue weighted by Gasteiger charge is -2.28. The minimum absolute atomic E-state index is 0.0669. The molecule has 0 bridgehead atoms. The highest BCUT2D eigenvalue weighted by Gasteiger charge is 2.43. The molecule has 0 aromatic carbocycles. The molecule has 0 unspecified atom stereocenters. The third-order valence-electron chi connectivity index (χ3n) is 2.32. The van der Waals surface area contributed by atoms with Crippen molar-refractivity contribution in [1.29, 1.82) is 0 Å². The van der Waals surface area contributed by atoms with E-state index in [0.717, 1.165) is 0 Å². The molecule has 2 aliphatic heterocycles. The zero-order valence-electron chi connectivity index (χ0n) is 7.48.